The molecular weight excluding hydrogens is 119 g/mol. The zero-order chi connectivity index (χ0) is 5.70. The smallest absolute Gasteiger partial charge is 0.328 e. The zero-order valence-corrected chi connectivity index (χ0v) is 4.14. The fourth-order valence-corrected chi connectivity index (χ4v) is 0.148. The van der Waals surface area contributed by atoms with Crippen LogP contribution in [0.3, 0.4) is 0 Å². The molecule has 0 aliphatic rings. The largest absolute Gasteiger partial charge is 0.395 e. The molecule has 0 aromatic heterocycles. The molecule has 0 saturated heterocycles. The number of carbonyl (C=O) groups is 2. The van der Waals surface area contributed by atoms with Gasteiger partial charge in [0.2, 0.25) is 0 Å². The molecule has 0 aromatic rings. The van der Waals surface area contributed by atoms with Gasteiger partial charge in [0.05, 0.1) is 0 Å². The molecule has 0 radical (unpaired) electrons. The monoisotopic (exact) mass is 122 g/mol. The highest BCUT2D eigenvalue weighted by Gasteiger charge is 1.93. The van der Waals surface area contributed by atoms with E-state index in [1.807, 2.05) is 0 Å². The summed E-state index contributed by atoms with van der Waals surface area (Å²) in [5.41, 5.74) is 0. The number of halogens is 1. The summed E-state index contributed by atoms with van der Waals surface area (Å²) in [6, 6.07) is 0. The van der Waals surface area contributed by atoms with Crippen molar-refractivity contribution in [1.29, 1.82) is 0 Å². The summed E-state index contributed by atoms with van der Waals surface area (Å²) >= 11 is 4.90. The molecule has 0 unspecified atom stereocenters. The van der Waals surface area contributed by atoms with Gasteiger partial charge in [-0.1, -0.05) is 0 Å². The molecule has 3 nitrogen and oxygen atoms in total. The predicted molar refractivity (Wildman–Crippen MR) is 22.9 cm³/mol. The average Bonchev–Trinajstić information content (AvgIpc) is 1.68. The molecule has 0 N–H and O–H groups in total. The fraction of sp³-hybridized carbons (Fsp3) is 0.333. The third kappa shape index (κ3) is 3.26. The minimum absolute atomic E-state index is 0.0463. The number of ether oxygens (including phenoxy) is 1. The van der Waals surface area contributed by atoms with Gasteiger partial charge in [-0.3, -0.25) is 9.59 Å². The first-order valence-corrected chi connectivity index (χ1v) is 2.03. The van der Waals surface area contributed by atoms with Gasteiger partial charge in [-0.25, -0.2) is 0 Å². The summed E-state index contributed by atoms with van der Waals surface area (Å²) in [6.07, 6.45) is 0. The standard InChI is InChI=1S/C3H3ClO3/c4-1-3(6)7-2-5/h2H,1H2. The number of hydrogen-bond donors (Lipinski definition) is 0. The van der Waals surface area contributed by atoms with Crippen LogP contribution in [-0.2, 0) is 14.3 Å². The second-order valence-corrected chi connectivity index (χ2v) is 0.987. The van der Waals surface area contributed by atoms with Crippen LogP contribution in [0.15, 0.2) is 0 Å². The van der Waals surface area contributed by atoms with Crippen molar-refractivity contribution in [3.05, 3.63) is 0 Å². The van der Waals surface area contributed by atoms with Crippen molar-refractivity contribution < 1.29 is 14.3 Å². The Bertz CT molecular complexity index is 80.2. The van der Waals surface area contributed by atoms with Gasteiger partial charge in [0, 0.05) is 0 Å². The summed E-state index contributed by atoms with van der Waals surface area (Å²) in [4.78, 5) is 19.1. The van der Waals surface area contributed by atoms with E-state index in [0.717, 1.165) is 0 Å². The van der Waals surface area contributed by atoms with Crippen LogP contribution in [0.2, 0.25) is 0 Å². The SMILES string of the molecule is O=COC(=O)CCl. The van der Waals surface area contributed by atoms with Crippen molar-refractivity contribution in [1.82, 2.24) is 0 Å². The molecule has 0 amide bonds. The van der Waals surface area contributed by atoms with Gasteiger partial charge in [0.25, 0.3) is 0 Å². The first-order valence-electron chi connectivity index (χ1n) is 1.50. The lowest BCUT2D eigenvalue weighted by molar-refractivity contribution is -0.149. The topological polar surface area (TPSA) is 43.4 Å². The van der Waals surface area contributed by atoms with E-state index < -0.39 is 5.97 Å². The van der Waals surface area contributed by atoms with Crippen molar-refractivity contribution in [2.24, 2.45) is 0 Å². The number of carbonyl (C=O) groups excluding carboxylic acids is 2. The van der Waals surface area contributed by atoms with Gasteiger partial charge in [0.1, 0.15) is 5.88 Å². The van der Waals surface area contributed by atoms with E-state index >= 15 is 0 Å². The normalized spacial score (nSPS) is 7.57. The third-order valence-corrected chi connectivity index (χ3v) is 0.507. The summed E-state index contributed by atoms with van der Waals surface area (Å²) in [6.45, 7) is 0.0463. The van der Waals surface area contributed by atoms with Crippen LogP contribution >= 0.6 is 11.6 Å². The van der Waals surface area contributed by atoms with Gasteiger partial charge in [0.15, 0.2) is 0 Å². The van der Waals surface area contributed by atoms with Crippen molar-refractivity contribution in [3.63, 3.8) is 0 Å². The Morgan fingerprint density at radius 3 is 2.57 bits per heavy atom. The molecule has 40 valence electrons. The first kappa shape index (κ1) is 6.43. The highest BCUT2D eigenvalue weighted by Crippen LogP contribution is 1.76. The maximum Gasteiger partial charge on any atom is 0.328 e. The van der Waals surface area contributed by atoms with Crippen molar-refractivity contribution >= 4 is 24.0 Å². The Kier molecular flexibility index (Phi) is 3.32. The molecule has 7 heavy (non-hydrogen) atoms. The minimum Gasteiger partial charge on any atom is -0.395 e. The maximum atomic E-state index is 9.83. The lowest BCUT2D eigenvalue weighted by Crippen LogP contribution is -2.02. The molecule has 4 heteroatoms. The molecular formula is C3H3ClO3. The van der Waals surface area contributed by atoms with Crippen LogP contribution < -0.4 is 0 Å². The quantitative estimate of drug-likeness (QED) is 0.223. The van der Waals surface area contributed by atoms with E-state index in [1.165, 1.54) is 0 Å². The summed E-state index contributed by atoms with van der Waals surface area (Å²) < 4.78 is 3.74. The van der Waals surface area contributed by atoms with E-state index in [9.17, 15) is 9.59 Å². The Hall–Kier alpha value is -0.570. The van der Waals surface area contributed by atoms with Crippen molar-refractivity contribution in [2.45, 2.75) is 0 Å². The van der Waals surface area contributed by atoms with Gasteiger partial charge >= 0.3 is 12.4 Å². The van der Waals surface area contributed by atoms with Crippen LogP contribution in [0.4, 0.5) is 0 Å². The third-order valence-electron chi connectivity index (χ3n) is 0.289. The minimum atomic E-state index is -0.725. The molecule has 0 bridgehead atoms. The number of rotatable bonds is 2. The Labute approximate surface area is 45.2 Å². The Morgan fingerprint density at radius 2 is 2.43 bits per heavy atom. The van der Waals surface area contributed by atoms with Crippen LogP contribution in [0.25, 0.3) is 0 Å². The Balaban J connectivity index is 3.17. The van der Waals surface area contributed by atoms with E-state index in [4.69, 9.17) is 11.6 Å². The zero-order valence-electron chi connectivity index (χ0n) is 3.39. The number of esters is 1. The molecule has 0 atom stereocenters. The Morgan fingerprint density at radius 1 is 1.86 bits per heavy atom. The molecule has 0 aromatic carbocycles. The summed E-state index contributed by atoms with van der Waals surface area (Å²) in [7, 11) is 0. The second-order valence-electron chi connectivity index (χ2n) is 0.720. The highest BCUT2D eigenvalue weighted by molar-refractivity contribution is 6.26. The van der Waals surface area contributed by atoms with E-state index in [-0.39, 0.29) is 12.4 Å². The van der Waals surface area contributed by atoms with Gasteiger partial charge in [-0.05, 0) is 0 Å². The highest BCUT2D eigenvalue weighted by atomic mass is 35.5. The van der Waals surface area contributed by atoms with Gasteiger partial charge in [-0.15, -0.1) is 11.6 Å². The summed E-state index contributed by atoms with van der Waals surface area (Å²) in [5.74, 6) is -1.00. The number of hydrogen-bond acceptors (Lipinski definition) is 3. The van der Waals surface area contributed by atoms with Crippen LogP contribution in [0.5, 0.6) is 0 Å². The van der Waals surface area contributed by atoms with Crippen LogP contribution in [-0.4, -0.2) is 18.3 Å². The van der Waals surface area contributed by atoms with Crippen LogP contribution in [0.1, 0.15) is 0 Å². The molecule has 0 spiro atoms. The molecule has 0 rings (SSSR count). The average molecular weight is 123 g/mol. The number of alkyl halides is 1. The molecule has 0 aliphatic carbocycles. The first-order chi connectivity index (χ1) is 3.31. The molecule has 0 heterocycles. The lowest BCUT2D eigenvalue weighted by atomic mass is 10.8. The lowest BCUT2D eigenvalue weighted by Gasteiger charge is -1.83. The van der Waals surface area contributed by atoms with Gasteiger partial charge < -0.3 is 4.74 Å². The van der Waals surface area contributed by atoms with Gasteiger partial charge in [-0.2, -0.15) is 0 Å². The second kappa shape index (κ2) is 3.61. The molecule has 0 saturated carbocycles. The van der Waals surface area contributed by atoms with E-state index in [1.54, 1.807) is 0 Å². The van der Waals surface area contributed by atoms with Crippen molar-refractivity contribution in [3.8, 4) is 0 Å². The van der Waals surface area contributed by atoms with Crippen molar-refractivity contribution in [2.75, 3.05) is 5.88 Å². The maximum absolute atomic E-state index is 9.83. The summed E-state index contributed by atoms with van der Waals surface area (Å²) in [5, 5.41) is 0. The van der Waals surface area contributed by atoms with E-state index in [2.05, 4.69) is 4.74 Å². The van der Waals surface area contributed by atoms with Crippen LogP contribution in [0, 0.1) is 0 Å². The van der Waals surface area contributed by atoms with E-state index in [0.29, 0.717) is 0 Å². The fourth-order valence-electron chi connectivity index (χ4n) is 0.0852. The molecule has 0 fully saturated rings. The predicted octanol–water partition coefficient (Wildman–Crippen LogP) is -0.0752. The molecule has 0 aliphatic heterocycles.